The van der Waals surface area contributed by atoms with E-state index in [0.717, 1.165) is 25.7 Å². The Hall–Kier alpha value is -1.52. The molecular formula is C11H19N3O2. The van der Waals surface area contributed by atoms with Crippen LogP contribution in [0.15, 0.2) is 16.9 Å². The van der Waals surface area contributed by atoms with E-state index >= 15 is 0 Å². The Kier molecular flexibility index (Phi) is 4.34. The number of carbonyl (C=O) groups excluding carboxylic acids is 1. The number of ether oxygens (including phenoxy) is 1. The molecule has 0 saturated carbocycles. The molecule has 0 aromatic carbocycles. The first-order chi connectivity index (χ1) is 7.62. The largest absolute Gasteiger partial charge is 0.489 e. The van der Waals surface area contributed by atoms with Crippen LogP contribution >= 0.6 is 0 Å². The van der Waals surface area contributed by atoms with E-state index in [1.807, 2.05) is 13.2 Å². The zero-order chi connectivity index (χ0) is 12.0. The van der Waals surface area contributed by atoms with Gasteiger partial charge in [-0.05, 0) is 31.3 Å². The number of amides is 2. The maximum Gasteiger partial charge on any atom is 0.332 e. The molecule has 0 bridgehead atoms. The Morgan fingerprint density at radius 1 is 1.75 bits per heavy atom. The summed E-state index contributed by atoms with van der Waals surface area (Å²) in [6.07, 6.45) is 7.14. The third-order valence-corrected chi connectivity index (χ3v) is 2.86. The van der Waals surface area contributed by atoms with Gasteiger partial charge >= 0.3 is 6.03 Å². The molecule has 1 atom stereocenters. The number of nitrogens with zero attached hydrogens (tertiary/aromatic N) is 1. The molecule has 0 fully saturated rings. The zero-order valence-corrected chi connectivity index (χ0v) is 9.82. The minimum absolute atomic E-state index is 0.402. The number of hydrogen-bond acceptors (Lipinski definition) is 3. The van der Waals surface area contributed by atoms with Crippen molar-refractivity contribution in [1.82, 2.24) is 5.43 Å². The quantitative estimate of drug-likeness (QED) is 0.566. The third-order valence-electron chi connectivity index (χ3n) is 2.86. The van der Waals surface area contributed by atoms with Gasteiger partial charge in [0.1, 0.15) is 5.60 Å². The number of carbonyl (C=O) groups is 1. The summed E-state index contributed by atoms with van der Waals surface area (Å²) in [5.74, 6) is 0. The number of allylic oxidation sites excluding steroid dienone is 1. The lowest BCUT2D eigenvalue weighted by molar-refractivity contribution is 0.0641. The Labute approximate surface area is 95.7 Å². The smallest absolute Gasteiger partial charge is 0.332 e. The fourth-order valence-electron chi connectivity index (χ4n) is 1.61. The number of hydrogen-bond donors (Lipinski definition) is 2. The average Bonchev–Trinajstić information content (AvgIpc) is 2.29. The molecule has 1 unspecified atom stereocenters. The van der Waals surface area contributed by atoms with E-state index in [1.54, 1.807) is 6.21 Å². The molecular weight excluding hydrogens is 206 g/mol. The molecule has 0 radical (unpaired) electrons. The maximum atomic E-state index is 10.5. The van der Waals surface area contributed by atoms with Crippen molar-refractivity contribution in [3.63, 3.8) is 0 Å². The van der Waals surface area contributed by atoms with Crippen molar-refractivity contribution in [2.24, 2.45) is 10.8 Å². The topological polar surface area (TPSA) is 76.7 Å². The van der Waals surface area contributed by atoms with Gasteiger partial charge in [0.25, 0.3) is 0 Å². The van der Waals surface area contributed by atoms with Crippen molar-refractivity contribution < 1.29 is 9.53 Å². The molecule has 0 aromatic heterocycles. The molecule has 90 valence electrons. The second kappa shape index (κ2) is 5.53. The number of urea groups is 1. The summed E-state index contributed by atoms with van der Waals surface area (Å²) in [6.45, 7) is 4.14. The van der Waals surface area contributed by atoms with E-state index in [9.17, 15) is 4.79 Å². The van der Waals surface area contributed by atoms with Gasteiger partial charge in [0, 0.05) is 0 Å². The fraction of sp³-hybridized carbons (Fsp3) is 0.636. The molecule has 1 aliphatic rings. The third kappa shape index (κ3) is 3.25. The van der Waals surface area contributed by atoms with E-state index in [0.29, 0.717) is 0 Å². The zero-order valence-electron chi connectivity index (χ0n) is 9.82. The van der Waals surface area contributed by atoms with Crippen LogP contribution in [0.3, 0.4) is 0 Å². The van der Waals surface area contributed by atoms with Gasteiger partial charge in [-0.25, -0.2) is 10.2 Å². The molecule has 0 spiro atoms. The summed E-state index contributed by atoms with van der Waals surface area (Å²) in [4.78, 5) is 10.5. The summed E-state index contributed by atoms with van der Waals surface area (Å²) in [6, 6.07) is -0.664. The summed E-state index contributed by atoms with van der Waals surface area (Å²) in [5, 5.41) is 3.78. The van der Waals surface area contributed by atoms with Gasteiger partial charge < -0.3 is 10.5 Å². The standard InChI is InChI=1S/C11H19N3O2/c1-3-9-5-6-11(4-2,16-7-9)8-13-14-10(12)15/h7-8H,3-6H2,1-2H3,(H3,12,14,15)/b13-8+. The minimum atomic E-state index is -0.664. The predicted octanol–water partition coefficient (Wildman–Crippen LogP) is 1.89. The van der Waals surface area contributed by atoms with Crippen molar-refractivity contribution in [3.05, 3.63) is 11.8 Å². The van der Waals surface area contributed by atoms with Crippen LogP contribution in [0.4, 0.5) is 4.79 Å². The van der Waals surface area contributed by atoms with E-state index < -0.39 is 11.6 Å². The van der Waals surface area contributed by atoms with E-state index in [-0.39, 0.29) is 0 Å². The lowest BCUT2D eigenvalue weighted by Gasteiger charge is -2.32. The first-order valence-electron chi connectivity index (χ1n) is 5.57. The molecule has 1 heterocycles. The molecule has 5 heteroatoms. The van der Waals surface area contributed by atoms with Crippen molar-refractivity contribution in [1.29, 1.82) is 0 Å². The van der Waals surface area contributed by atoms with Crippen LogP contribution in [-0.2, 0) is 4.74 Å². The monoisotopic (exact) mass is 225 g/mol. The van der Waals surface area contributed by atoms with Crippen molar-refractivity contribution >= 4 is 12.2 Å². The van der Waals surface area contributed by atoms with Gasteiger partial charge in [0.05, 0.1) is 12.5 Å². The first-order valence-corrected chi connectivity index (χ1v) is 5.57. The molecule has 2 amide bonds. The highest BCUT2D eigenvalue weighted by Gasteiger charge is 2.30. The van der Waals surface area contributed by atoms with Gasteiger partial charge in [-0.2, -0.15) is 5.10 Å². The van der Waals surface area contributed by atoms with Crippen LogP contribution in [0.25, 0.3) is 0 Å². The lowest BCUT2D eigenvalue weighted by atomic mass is 9.91. The minimum Gasteiger partial charge on any atom is -0.489 e. The van der Waals surface area contributed by atoms with Gasteiger partial charge in [0.2, 0.25) is 0 Å². The van der Waals surface area contributed by atoms with E-state index in [2.05, 4.69) is 17.5 Å². The molecule has 16 heavy (non-hydrogen) atoms. The first kappa shape index (κ1) is 12.5. The highest BCUT2D eigenvalue weighted by atomic mass is 16.5. The maximum absolute atomic E-state index is 10.5. The molecule has 5 nitrogen and oxygen atoms in total. The van der Waals surface area contributed by atoms with Gasteiger partial charge in [0.15, 0.2) is 0 Å². The van der Waals surface area contributed by atoms with Crippen molar-refractivity contribution in [2.75, 3.05) is 0 Å². The summed E-state index contributed by atoms with van der Waals surface area (Å²) < 4.78 is 5.70. The van der Waals surface area contributed by atoms with Gasteiger partial charge in [-0.3, -0.25) is 0 Å². The number of nitrogens with one attached hydrogen (secondary N) is 1. The van der Waals surface area contributed by atoms with Crippen LogP contribution in [-0.4, -0.2) is 17.8 Å². The van der Waals surface area contributed by atoms with Crippen LogP contribution < -0.4 is 11.2 Å². The number of nitrogens with two attached hydrogens (primary N) is 1. The van der Waals surface area contributed by atoms with Crippen LogP contribution in [0.5, 0.6) is 0 Å². The van der Waals surface area contributed by atoms with Gasteiger partial charge in [-0.1, -0.05) is 13.8 Å². The van der Waals surface area contributed by atoms with Crippen LogP contribution in [0.1, 0.15) is 39.5 Å². The second-order valence-electron chi connectivity index (χ2n) is 3.90. The molecule has 0 aliphatic carbocycles. The number of hydrazone groups is 1. The number of rotatable bonds is 4. The summed E-state index contributed by atoms with van der Waals surface area (Å²) in [5.41, 5.74) is 8.01. The lowest BCUT2D eigenvalue weighted by Crippen LogP contribution is -2.36. The van der Waals surface area contributed by atoms with E-state index in [1.165, 1.54) is 5.57 Å². The van der Waals surface area contributed by atoms with Gasteiger partial charge in [-0.15, -0.1) is 0 Å². The predicted molar refractivity (Wildman–Crippen MR) is 62.9 cm³/mol. The fourth-order valence-corrected chi connectivity index (χ4v) is 1.61. The normalized spacial score (nSPS) is 25.0. The van der Waals surface area contributed by atoms with E-state index in [4.69, 9.17) is 10.5 Å². The van der Waals surface area contributed by atoms with Crippen LogP contribution in [0.2, 0.25) is 0 Å². The molecule has 3 N–H and O–H groups in total. The molecule has 1 aliphatic heterocycles. The highest BCUT2D eigenvalue weighted by molar-refractivity contribution is 5.75. The molecule has 0 saturated heterocycles. The Morgan fingerprint density at radius 2 is 2.50 bits per heavy atom. The summed E-state index contributed by atoms with van der Waals surface area (Å²) >= 11 is 0. The second-order valence-corrected chi connectivity index (χ2v) is 3.90. The number of primary amides is 1. The van der Waals surface area contributed by atoms with Crippen molar-refractivity contribution in [2.45, 2.75) is 45.1 Å². The Morgan fingerprint density at radius 3 is 2.94 bits per heavy atom. The summed E-state index contributed by atoms with van der Waals surface area (Å²) in [7, 11) is 0. The Bertz CT molecular complexity index is 312. The average molecular weight is 225 g/mol. The SMILES string of the molecule is CCC1=COC(/C=N/NC(N)=O)(CC)CC1. The van der Waals surface area contributed by atoms with Crippen molar-refractivity contribution in [3.8, 4) is 0 Å². The molecule has 0 aromatic rings. The highest BCUT2D eigenvalue weighted by Crippen LogP contribution is 2.29. The molecule has 1 rings (SSSR count). The van der Waals surface area contributed by atoms with Crippen LogP contribution in [0, 0.1) is 0 Å². The Balaban J connectivity index is 2.63.